The molecule has 7 aliphatic carbocycles. The summed E-state index contributed by atoms with van der Waals surface area (Å²) < 4.78 is 14.2. The highest BCUT2D eigenvalue weighted by atomic mass is 16.7. The largest absolute Gasteiger partial charge is 0.459 e. The van der Waals surface area contributed by atoms with Crippen LogP contribution in [0.2, 0.25) is 0 Å². The number of nitrogens with one attached hydrogen (secondary N) is 5. The maximum absolute atomic E-state index is 16.3. The number of aliphatic hydroxyl groups excluding tert-OH is 2. The number of nitrogens with two attached hydrogens (primary N) is 1. The molecule has 9 N–H and O–H groups in total. The number of ketones is 2. The highest BCUT2D eigenvalue weighted by Crippen LogP contribution is 2.64. The summed E-state index contributed by atoms with van der Waals surface area (Å²) in [6.45, 7) is 7.57. The fraction of sp³-hybridized carbons (Fsp3) is 0.609. The summed E-state index contributed by atoms with van der Waals surface area (Å²) in [7, 11) is 2.00. The minimum atomic E-state index is -2.28. The molecule has 77 heavy (non-hydrogen) atoms. The molecule has 17 atom stereocenters. The number of aliphatic hydroxyl groups is 2. The second-order valence-electron chi connectivity index (χ2n) is 26.0. The molecule has 1 aromatic carbocycles. The molecule has 0 aromatic heterocycles. The van der Waals surface area contributed by atoms with Gasteiger partial charge in [0.15, 0.2) is 11.4 Å². The number of ether oxygens (including phenoxy) is 2. The molecule has 14 rings (SSSR count). The minimum Gasteiger partial charge on any atom is -0.459 e. The maximum Gasteiger partial charge on any atom is 0.350 e. The number of epoxide rings is 1. The van der Waals surface area contributed by atoms with E-state index in [2.05, 4.69) is 83.0 Å². The van der Waals surface area contributed by atoms with Crippen molar-refractivity contribution in [1.29, 1.82) is 0 Å². The van der Waals surface area contributed by atoms with Gasteiger partial charge in [-0.2, -0.15) is 0 Å². The smallest absolute Gasteiger partial charge is 0.350 e. The van der Waals surface area contributed by atoms with Gasteiger partial charge in [0, 0.05) is 47.7 Å². The lowest BCUT2D eigenvalue weighted by atomic mass is 9.47. The average molecular weight is 1050 g/mol. The molecular weight excluding hydrogens is 965 g/mol. The standard InChI is InChI=1S/C64H82N6O7/c1-5-69-62-30-40-17-19-44(72)27-49(40)56-55(62)47-20-18-37(45-12-6-10-42(31-62)52(45)47)11-8-23-61(3,28-36-14-21-50(65)68-33-36)29-41-9-7-13-48-53(41)58(74)64(60(75)76-56)63(77-64,57(48)73)32-43(34-71)35(2)25-38-15-16-39-26-51(66-4)70-59-54(39)46(38)22-24-67-59/h6-7,9-10,13-14,18,20-22,31,33,37-40,44-45,47,49-52,55-56,66-72H,5,8,11-12,15-17,19,23-30,32,34,65H2,1-4H3/b43-35-/t37-,38-,39+,40+,44-,45+,47+,49-,50?,51+,52+,55-,56+,61-,62-,63-,64-/m0/s1. The molecule has 410 valence electrons. The number of benzene rings is 1. The number of likely N-dealkylation sites (N-methyl/N-ethyl adjacent to an activating group) is 1. The minimum absolute atomic E-state index is 0.0268. The first-order valence-electron chi connectivity index (χ1n) is 29.7. The Bertz CT molecular complexity index is 2900. The Morgan fingerprint density at radius 3 is 2.69 bits per heavy atom. The van der Waals surface area contributed by atoms with E-state index in [9.17, 15) is 10.2 Å². The number of dihydropyridines is 2. The molecule has 13 heteroatoms. The van der Waals surface area contributed by atoms with E-state index in [0.29, 0.717) is 62.0 Å². The van der Waals surface area contributed by atoms with Crippen LogP contribution in [0.5, 0.6) is 0 Å². The zero-order valence-corrected chi connectivity index (χ0v) is 45.7. The van der Waals surface area contributed by atoms with Gasteiger partial charge in [-0.1, -0.05) is 86.6 Å². The van der Waals surface area contributed by atoms with Gasteiger partial charge in [0.2, 0.25) is 5.78 Å². The number of esters is 1. The van der Waals surface area contributed by atoms with Crippen molar-refractivity contribution in [2.45, 2.75) is 158 Å². The van der Waals surface area contributed by atoms with Gasteiger partial charge >= 0.3 is 5.97 Å². The topological polar surface area (TPSA) is 200 Å². The monoisotopic (exact) mass is 1050 g/mol. The lowest BCUT2D eigenvalue weighted by molar-refractivity contribution is -0.179. The van der Waals surface area contributed by atoms with Crippen molar-refractivity contribution in [3.8, 4) is 0 Å². The molecule has 3 saturated carbocycles. The fourth-order valence-electron chi connectivity index (χ4n) is 18.1. The van der Waals surface area contributed by atoms with E-state index in [4.69, 9.17) is 15.2 Å². The van der Waals surface area contributed by atoms with E-state index < -0.39 is 46.5 Å². The summed E-state index contributed by atoms with van der Waals surface area (Å²) in [5.41, 5.74) is 9.11. The van der Waals surface area contributed by atoms with Crippen LogP contribution < -0.4 is 32.3 Å². The molecule has 1 unspecified atom stereocenters. The van der Waals surface area contributed by atoms with Crippen LogP contribution in [0.1, 0.15) is 137 Å². The number of carbonyl (C=O) groups excluding carboxylic acids is 3. The molecule has 1 aromatic rings. The Kier molecular flexibility index (Phi) is 13.0. The van der Waals surface area contributed by atoms with Crippen LogP contribution in [0.25, 0.3) is 0 Å². The summed E-state index contributed by atoms with van der Waals surface area (Å²) in [5.74, 6) is 0.716. The summed E-state index contributed by atoms with van der Waals surface area (Å²) in [6.07, 6.45) is 30.7. The number of hydrogen-bond donors (Lipinski definition) is 8. The Labute approximate surface area is 454 Å². The van der Waals surface area contributed by atoms with Gasteiger partial charge in [0.25, 0.3) is 5.60 Å². The number of rotatable bonds is 10. The van der Waals surface area contributed by atoms with E-state index in [1.165, 1.54) is 16.7 Å². The third kappa shape index (κ3) is 8.23. The summed E-state index contributed by atoms with van der Waals surface area (Å²) in [6, 6.07) is 5.58. The molecule has 6 bridgehead atoms. The van der Waals surface area contributed by atoms with E-state index in [-0.39, 0.29) is 77.4 Å². The van der Waals surface area contributed by atoms with Crippen LogP contribution in [0.4, 0.5) is 0 Å². The normalized spacial score (nSPS) is 42.4. The zero-order valence-electron chi connectivity index (χ0n) is 45.7. The van der Waals surface area contributed by atoms with E-state index in [1.54, 1.807) is 6.07 Å². The maximum atomic E-state index is 16.3. The summed E-state index contributed by atoms with van der Waals surface area (Å²) >= 11 is 0. The van der Waals surface area contributed by atoms with Crippen molar-refractivity contribution in [2.24, 2.45) is 64.4 Å². The molecular formula is C64H82N6O7. The second-order valence-corrected chi connectivity index (χ2v) is 26.0. The van der Waals surface area contributed by atoms with Gasteiger partial charge in [0.05, 0.1) is 25.0 Å². The number of hydrogen-bond acceptors (Lipinski definition) is 13. The average Bonchev–Trinajstić information content (AvgIpc) is 4.06. The molecule has 1 saturated heterocycles. The lowest BCUT2D eigenvalue weighted by Crippen LogP contribution is -2.68. The number of allylic oxidation sites excluding steroid dienone is 10. The van der Waals surface area contributed by atoms with Crippen molar-refractivity contribution >= 4 is 17.5 Å². The quantitative estimate of drug-likeness (QED) is 0.0500. The van der Waals surface area contributed by atoms with Crippen LogP contribution in [0.15, 0.2) is 112 Å². The molecule has 6 heterocycles. The molecule has 1 spiro atoms. The first-order chi connectivity index (χ1) is 37.2. The van der Waals surface area contributed by atoms with E-state index in [0.717, 1.165) is 86.9 Å². The Hall–Kier alpha value is -4.89. The second kappa shape index (κ2) is 19.4. The van der Waals surface area contributed by atoms with Crippen LogP contribution >= 0.6 is 0 Å². The van der Waals surface area contributed by atoms with Crippen LogP contribution in [0, 0.1) is 58.7 Å². The van der Waals surface area contributed by atoms with Crippen LogP contribution in [0.3, 0.4) is 0 Å². The molecule has 0 radical (unpaired) electrons. The zero-order chi connectivity index (χ0) is 53.2. The number of fused-ring (bicyclic) bond motifs is 6. The fourth-order valence-corrected chi connectivity index (χ4v) is 18.1. The predicted molar refractivity (Wildman–Crippen MR) is 295 cm³/mol. The molecule has 0 amide bonds. The number of carbonyl (C=O) groups is 3. The molecule has 4 fully saturated rings. The Morgan fingerprint density at radius 2 is 1.88 bits per heavy atom. The van der Waals surface area contributed by atoms with E-state index >= 15 is 14.4 Å². The highest BCUT2D eigenvalue weighted by Gasteiger charge is 2.86. The van der Waals surface area contributed by atoms with Crippen molar-refractivity contribution in [3.05, 3.63) is 129 Å². The molecule has 6 aliphatic heterocycles. The van der Waals surface area contributed by atoms with E-state index in [1.807, 2.05) is 38.4 Å². The Morgan fingerprint density at radius 1 is 1.01 bits per heavy atom. The van der Waals surface area contributed by atoms with Gasteiger partial charge in [-0.05, 0) is 190 Å². The SMILES string of the molecule is CCN[C@]12C=C3C=CC[C@H]4[C@@H]3[C@H]3C=C[C@@H]4CCC[C@@](C)(CC4=CNC(N)C=C4)Cc4cccc5c4C(=O)[C@]4(O[C@@]4(C/C(CO)=C(\C)C[C@@H]4CC[C@@H]6C[C@H](NC)NC7=C6C4=CCN7)C5=O)C(=O)O[C@H]([C@H]4C[C@@H](O)CC[C@@H]4C1)[C@H]32. The molecule has 13 aliphatic rings. The van der Waals surface area contributed by atoms with Crippen molar-refractivity contribution in [2.75, 3.05) is 26.7 Å². The number of Topliss-reactive ketones (excluding diaryl/α,β-unsaturated/α-hetero) is 2. The third-order valence-electron chi connectivity index (χ3n) is 21.6. The Balaban J connectivity index is 0.935. The first-order valence-corrected chi connectivity index (χ1v) is 29.7. The summed E-state index contributed by atoms with van der Waals surface area (Å²) in [5, 5.41) is 41.0. The van der Waals surface area contributed by atoms with Gasteiger partial charge < -0.3 is 52.0 Å². The van der Waals surface area contributed by atoms with Crippen molar-refractivity contribution < 1.29 is 34.1 Å². The van der Waals surface area contributed by atoms with Crippen molar-refractivity contribution in [1.82, 2.24) is 26.6 Å². The van der Waals surface area contributed by atoms with Gasteiger partial charge in [-0.3, -0.25) is 9.59 Å². The summed E-state index contributed by atoms with van der Waals surface area (Å²) in [4.78, 5) is 48.6. The van der Waals surface area contributed by atoms with Crippen LogP contribution in [-0.4, -0.2) is 95.8 Å². The van der Waals surface area contributed by atoms with Gasteiger partial charge in [-0.15, -0.1) is 0 Å². The van der Waals surface area contributed by atoms with Crippen LogP contribution in [-0.2, 0) is 20.7 Å². The highest BCUT2D eigenvalue weighted by molar-refractivity contribution is 6.33. The van der Waals surface area contributed by atoms with Crippen molar-refractivity contribution in [3.63, 3.8) is 0 Å². The predicted octanol–water partition coefficient (Wildman–Crippen LogP) is 7.41. The lowest BCUT2D eigenvalue weighted by Gasteiger charge is -2.61. The van der Waals surface area contributed by atoms with Gasteiger partial charge in [-0.25, -0.2) is 4.79 Å². The van der Waals surface area contributed by atoms with Gasteiger partial charge in [0.1, 0.15) is 11.9 Å². The first kappa shape index (κ1) is 51.5. The molecule has 13 nitrogen and oxygen atoms in total. The third-order valence-corrected chi connectivity index (χ3v) is 21.6.